The van der Waals surface area contributed by atoms with Crippen molar-refractivity contribution in [3.8, 4) is 0 Å². The van der Waals surface area contributed by atoms with Crippen LogP contribution in [0.25, 0.3) is 0 Å². The van der Waals surface area contributed by atoms with Crippen molar-refractivity contribution in [2.24, 2.45) is 28.1 Å². The molecule has 0 radical (unpaired) electrons. The maximum absolute atomic E-state index is 12.9. The number of Topliss-reactive ketones (excluding diaryl/α,β-unsaturated/α-hetero) is 2. The van der Waals surface area contributed by atoms with Crippen LogP contribution in [0.15, 0.2) is 4.99 Å². The predicted octanol–water partition coefficient (Wildman–Crippen LogP) is -2.00. The van der Waals surface area contributed by atoms with Crippen molar-refractivity contribution in [1.82, 2.24) is 15.5 Å². The number of carbonyl (C=O) groups is 4. The lowest BCUT2D eigenvalue weighted by atomic mass is 9.88. The van der Waals surface area contributed by atoms with Crippen LogP contribution in [0.3, 0.4) is 0 Å². The summed E-state index contributed by atoms with van der Waals surface area (Å²) in [4.78, 5) is 55.2. The number of hydrogen-bond acceptors (Lipinski definition) is 7. The van der Waals surface area contributed by atoms with Gasteiger partial charge in [0.05, 0.1) is 24.5 Å². The fourth-order valence-corrected chi connectivity index (χ4v) is 4.08. The number of primary amides is 1. The van der Waals surface area contributed by atoms with Crippen LogP contribution in [0.1, 0.15) is 45.4 Å². The molecule has 2 aliphatic heterocycles. The molecule has 0 unspecified atom stereocenters. The van der Waals surface area contributed by atoms with Crippen molar-refractivity contribution in [1.29, 1.82) is 0 Å². The summed E-state index contributed by atoms with van der Waals surface area (Å²) < 4.78 is 0. The number of nitrogens with zero attached hydrogens (tertiary/aromatic N) is 2. The van der Waals surface area contributed by atoms with E-state index in [1.54, 1.807) is 4.90 Å². The van der Waals surface area contributed by atoms with Gasteiger partial charge in [-0.3, -0.25) is 29.1 Å². The molecule has 2 aliphatic rings. The number of nitrogens with one attached hydrogen (secondary N) is 2. The maximum atomic E-state index is 12.9. The third kappa shape index (κ3) is 7.28. The summed E-state index contributed by atoms with van der Waals surface area (Å²) in [6.07, 6.45) is 3.72. The molecule has 0 aromatic carbocycles. The van der Waals surface area contributed by atoms with Gasteiger partial charge in [-0.25, -0.2) is 0 Å². The lowest BCUT2D eigenvalue weighted by Gasteiger charge is -2.38. The van der Waals surface area contributed by atoms with Crippen molar-refractivity contribution in [2.45, 2.75) is 63.6 Å². The number of likely N-dealkylation sites (tertiary alicyclic amines) is 1. The summed E-state index contributed by atoms with van der Waals surface area (Å²) >= 11 is 0. The van der Waals surface area contributed by atoms with E-state index in [-0.39, 0.29) is 49.0 Å². The summed E-state index contributed by atoms with van der Waals surface area (Å²) in [6, 6.07) is -1.47. The standard InChI is InChI=1S/C20H35N7O4/c1-2-3-5-13-19(31)26-14(9-25-13)17(29)11-27-10-12(18(21)30)8-16(28)15(27)6-4-7-24-20(22)23/h12-15,25H,2-11H2,1H3,(H2,21,30)(H,26,31)(H4,22,23,24)/t12-,13+,14-,15+/m1/s1. The number of unbranched alkanes of at least 4 members (excludes halogenated alkanes) is 1. The fourth-order valence-electron chi connectivity index (χ4n) is 4.08. The zero-order valence-corrected chi connectivity index (χ0v) is 18.1. The second kappa shape index (κ2) is 11.8. The zero-order chi connectivity index (χ0) is 23.0. The van der Waals surface area contributed by atoms with Crippen LogP contribution in [-0.4, -0.2) is 78.5 Å². The molecule has 174 valence electrons. The first-order chi connectivity index (χ1) is 14.7. The van der Waals surface area contributed by atoms with Crippen molar-refractivity contribution in [2.75, 3.05) is 26.2 Å². The molecular formula is C20H35N7O4. The number of aliphatic imine (C=N–C) groups is 1. The molecule has 2 fully saturated rings. The highest BCUT2D eigenvalue weighted by Gasteiger charge is 2.39. The number of rotatable bonds is 11. The van der Waals surface area contributed by atoms with Gasteiger partial charge in [-0.05, 0) is 19.3 Å². The Hall–Kier alpha value is -2.53. The van der Waals surface area contributed by atoms with Gasteiger partial charge >= 0.3 is 0 Å². The van der Waals surface area contributed by atoms with Crippen LogP contribution < -0.4 is 27.8 Å². The van der Waals surface area contributed by atoms with Crippen LogP contribution in [0.2, 0.25) is 0 Å². The average Bonchev–Trinajstić information content (AvgIpc) is 2.71. The lowest BCUT2D eigenvalue weighted by molar-refractivity contribution is -0.139. The van der Waals surface area contributed by atoms with Crippen molar-refractivity contribution >= 4 is 29.3 Å². The Balaban J connectivity index is 2.00. The van der Waals surface area contributed by atoms with E-state index >= 15 is 0 Å². The molecule has 11 heteroatoms. The Bertz CT molecular complexity index is 708. The van der Waals surface area contributed by atoms with Crippen molar-refractivity contribution in [3.05, 3.63) is 0 Å². The van der Waals surface area contributed by atoms with Gasteiger partial charge in [0.1, 0.15) is 6.04 Å². The Kier molecular flexibility index (Phi) is 9.38. The number of guanidine groups is 1. The number of piperazine rings is 1. The van der Waals surface area contributed by atoms with Gasteiger partial charge in [0.25, 0.3) is 0 Å². The molecule has 8 N–H and O–H groups in total. The summed E-state index contributed by atoms with van der Waals surface area (Å²) in [7, 11) is 0. The zero-order valence-electron chi connectivity index (χ0n) is 18.1. The minimum Gasteiger partial charge on any atom is -0.370 e. The molecule has 0 bridgehead atoms. The molecular weight excluding hydrogens is 402 g/mol. The van der Waals surface area contributed by atoms with Crippen molar-refractivity contribution < 1.29 is 19.2 Å². The molecule has 0 aliphatic carbocycles. The van der Waals surface area contributed by atoms with Gasteiger partial charge in [-0.15, -0.1) is 0 Å². The first-order valence-corrected chi connectivity index (χ1v) is 10.9. The number of piperidine rings is 1. The first kappa shape index (κ1) is 24.7. The molecule has 0 saturated carbocycles. The van der Waals surface area contributed by atoms with Crippen LogP contribution in [0.5, 0.6) is 0 Å². The van der Waals surface area contributed by atoms with Gasteiger partial charge in [-0.2, -0.15) is 0 Å². The second-order valence-corrected chi connectivity index (χ2v) is 8.29. The number of ketones is 2. The smallest absolute Gasteiger partial charge is 0.237 e. The minimum atomic E-state index is -0.670. The molecule has 0 spiro atoms. The van der Waals surface area contributed by atoms with E-state index in [0.717, 1.165) is 19.3 Å². The molecule has 0 aromatic rings. The Labute approximate surface area is 182 Å². The normalized spacial score (nSPS) is 26.9. The first-order valence-electron chi connectivity index (χ1n) is 10.9. The quantitative estimate of drug-likeness (QED) is 0.139. The van der Waals surface area contributed by atoms with E-state index in [0.29, 0.717) is 25.9 Å². The molecule has 2 rings (SSSR count). The molecule has 11 nitrogen and oxygen atoms in total. The Morgan fingerprint density at radius 3 is 2.52 bits per heavy atom. The SMILES string of the molecule is CCCC[C@@H]1NC[C@H](C(=O)CN2C[C@H](C(N)=O)CC(=O)[C@@H]2CCCN=C(N)N)NC1=O. The topological polar surface area (TPSA) is 186 Å². The van der Waals surface area contributed by atoms with E-state index < -0.39 is 23.9 Å². The largest absolute Gasteiger partial charge is 0.370 e. The van der Waals surface area contributed by atoms with E-state index in [9.17, 15) is 19.2 Å². The van der Waals surface area contributed by atoms with E-state index in [1.165, 1.54) is 0 Å². The Morgan fingerprint density at radius 2 is 1.90 bits per heavy atom. The van der Waals surface area contributed by atoms with E-state index in [4.69, 9.17) is 17.2 Å². The van der Waals surface area contributed by atoms with Gasteiger partial charge in [0.15, 0.2) is 17.5 Å². The number of hydrogen-bond donors (Lipinski definition) is 5. The third-order valence-electron chi connectivity index (χ3n) is 5.84. The molecule has 31 heavy (non-hydrogen) atoms. The average molecular weight is 438 g/mol. The van der Waals surface area contributed by atoms with Crippen LogP contribution in [-0.2, 0) is 19.2 Å². The van der Waals surface area contributed by atoms with Crippen LogP contribution in [0, 0.1) is 5.92 Å². The minimum absolute atomic E-state index is 0.0198. The van der Waals surface area contributed by atoms with Crippen LogP contribution >= 0.6 is 0 Å². The predicted molar refractivity (Wildman–Crippen MR) is 116 cm³/mol. The van der Waals surface area contributed by atoms with E-state index in [1.807, 2.05) is 0 Å². The second-order valence-electron chi connectivity index (χ2n) is 8.29. The fraction of sp³-hybridized carbons (Fsp3) is 0.750. The molecule has 4 atom stereocenters. The summed E-state index contributed by atoms with van der Waals surface area (Å²) in [6.45, 7) is 2.95. The maximum Gasteiger partial charge on any atom is 0.237 e. The molecule has 0 aromatic heterocycles. The van der Waals surface area contributed by atoms with Gasteiger partial charge in [0.2, 0.25) is 11.8 Å². The highest BCUT2D eigenvalue weighted by atomic mass is 16.2. The van der Waals surface area contributed by atoms with Crippen LogP contribution in [0.4, 0.5) is 0 Å². The van der Waals surface area contributed by atoms with Gasteiger partial charge in [0, 0.05) is 26.1 Å². The number of nitrogens with two attached hydrogens (primary N) is 3. The Morgan fingerprint density at radius 1 is 1.16 bits per heavy atom. The van der Waals surface area contributed by atoms with Gasteiger partial charge in [-0.1, -0.05) is 19.8 Å². The summed E-state index contributed by atoms with van der Waals surface area (Å²) in [5.41, 5.74) is 16.1. The molecule has 2 amide bonds. The number of amides is 2. The van der Waals surface area contributed by atoms with Crippen molar-refractivity contribution in [3.63, 3.8) is 0 Å². The molecule has 2 saturated heterocycles. The summed E-state index contributed by atoms with van der Waals surface area (Å²) in [5.74, 6) is -1.73. The number of carbonyl (C=O) groups excluding carboxylic acids is 4. The van der Waals surface area contributed by atoms with E-state index in [2.05, 4.69) is 22.5 Å². The summed E-state index contributed by atoms with van der Waals surface area (Å²) in [5, 5.41) is 5.93. The highest BCUT2D eigenvalue weighted by Crippen LogP contribution is 2.22. The van der Waals surface area contributed by atoms with Gasteiger partial charge < -0.3 is 27.8 Å². The highest BCUT2D eigenvalue weighted by molar-refractivity contribution is 5.95. The molecule has 2 heterocycles. The third-order valence-corrected chi connectivity index (χ3v) is 5.84. The lowest BCUT2D eigenvalue weighted by Crippen LogP contribution is -2.63. The monoisotopic (exact) mass is 437 g/mol.